The van der Waals surface area contributed by atoms with Crippen LogP contribution in [0.25, 0.3) is 6.08 Å². The number of hydrogen-bond donors (Lipinski definition) is 0. The Morgan fingerprint density at radius 3 is 2.43 bits per heavy atom. The standard InChI is InChI=1S/C23H15ClF2N2OS/c1-14-6-9-17(10-7-14)30-23-27-21(12-15-4-2-3-5-19(15)25)22(29)28(23)16-8-11-20(26)18(24)13-16/h2-13H,1H3/b21-12+. The quantitative estimate of drug-likeness (QED) is 0.437. The number of aliphatic imine (C=N–C) groups is 1. The predicted octanol–water partition coefficient (Wildman–Crippen LogP) is 6.46. The van der Waals surface area contributed by atoms with E-state index in [4.69, 9.17) is 11.6 Å². The summed E-state index contributed by atoms with van der Waals surface area (Å²) in [6.45, 7) is 1.98. The number of thioether (sulfide) groups is 1. The Balaban J connectivity index is 1.77. The van der Waals surface area contributed by atoms with Crippen LogP contribution in [0.3, 0.4) is 0 Å². The molecule has 0 saturated heterocycles. The zero-order valence-corrected chi connectivity index (χ0v) is 17.3. The van der Waals surface area contributed by atoms with E-state index in [-0.39, 0.29) is 16.3 Å². The minimum absolute atomic E-state index is 0.0789. The molecule has 1 heterocycles. The molecule has 4 rings (SSSR count). The predicted molar refractivity (Wildman–Crippen MR) is 118 cm³/mol. The van der Waals surface area contributed by atoms with Gasteiger partial charge in [0.15, 0.2) is 5.17 Å². The number of benzene rings is 3. The van der Waals surface area contributed by atoms with E-state index in [0.717, 1.165) is 10.5 Å². The highest BCUT2D eigenvalue weighted by molar-refractivity contribution is 8.14. The van der Waals surface area contributed by atoms with Crippen molar-refractivity contribution in [1.82, 2.24) is 0 Å². The molecule has 0 fully saturated rings. The first-order chi connectivity index (χ1) is 14.4. The van der Waals surface area contributed by atoms with Crippen molar-refractivity contribution < 1.29 is 13.6 Å². The number of anilines is 1. The lowest BCUT2D eigenvalue weighted by molar-refractivity contribution is -0.113. The first kappa shape index (κ1) is 20.3. The lowest BCUT2D eigenvalue weighted by Gasteiger charge is -2.18. The van der Waals surface area contributed by atoms with Gasteiger partial charge in [-0.3, -0.25) is 9.69 Å². The molecule has 0 spiro atoms. The third-order valence-corrected chi connectivity index (χ3v) is 5.67. The van der Waals surface area contributed by atoms with Gasteiger partial charge in [0.1, 0.15) is 17.3 Å². The van der Waals surface area contributed by atoms with Gasteiger partial charge < -0.3 is 0 Å². The zero-order chi connectivity index (χ0) is 21.3. The summed E-state index contributed by atoms with van der Waals surface area (Å²) in [5.74, 6) is -1.49. The van der Waals surface area contributed by atoms with Gasteiger partial charge in [0.05, 0.1) is 10.7 Å². The molecule has 1 aliphatic rings. The fraction of sp³-hybridized carbons (Fsp3) is 0.0435. The molecule has 0 saturated carbocycles. The lowest BCUT2D eigenvalue weighted by Crippen LogP contribution is -2.30. The van der Waals surface area contributed by atoms with Gasteiger partial charge in [0.2, 0.25) is 0 Å². The van der Waals surface area contributed by atoms with Crippen LogP contribution in [-0.4, -0.2) is 11.1 Å². The van der Waals surface area contributed by atoms with Gasteiger partial charge in [-0.1, -0.05) is 59.3 Å². The van der Waals surface area contributed by atoms with Crippen molar-refractivity contribution in [1.29, 1.82) is 0 Å². The Kier molecular flexibility index (Phi) is 5.70. The van der Waals surface area contributed by atoms with Gasteiger partial charge in [0.25, 0.3) is 5.91 Å². The number of rotatable bonds is 3. The van der Waals surface area contributed by atoms with Crippen LogP contribution in [0.4, 0.5) is 14.5 Å². The molecule has 3 aromatic rings. The van der Waals surface area contributed by atoms with Crippen molar-refractivity contribution in [3.63, 3.8) is 0 Å². The van der Waals surface area contributed by atoms with E-state index in [1.54, 1.807) is 18.2 Å². The van der Waals surface area contributed by atoms with Crippen LogP contribution in [0.2, 0.25) is 5.02 Å². The topological polar surface area (TPSA) is 32.7 Å². The van der Waals surface area contributed by atoms with Gasteiger partial charge in [-0.2, -0.15) is 0 Å². The van der Waals surface area contributed by atoms with Crippen molar-refractivity contribution >= 4 is 46.2 Å². The maximum Gasteiger partial charge on any atom is 0.283 e. The number of hydrogen-bond acceptors (Lipinski definition) is 3. The molecule has 0 unspecified atom stereocenters. The molecule has 150 valence electrons. The summed E-state index contributed by atoms with van der Waals surface area (Å²) < 4.78 is 27.7. The van der Waals surface area contributed by atoms with Crippen LogP contribution in [-0.2, 0) is 4.79 Å². The Labute approximate surface area is 181 Å². The van der Waals surface area contributed by atoms with Gasteiger partial charge in [0, 0.05) is 10.5 Å². The van der Waals surface area contributed by atoms with E-state index < -0.39 is 17.5 Å². The number of aryl methyl sites for hydroxylation is 1. The SMILES string of the molecule is Cc1ccc(SC2=N/C(=C/c3ccccc3F)C(=O)N2c2ccc(F)c(Cl)c2)cc1. The summed E-state index contributed by atoms with van der Waals surface area (Å²) in [5.41, 5.74) is 1.81. The Bertz CT molecular complexity index is 1190. The number of carbonyl (C=O) groups excluding carboxylic acids is 1. The summed E-state index contributed by atoms with van der Waals surface area (Å²) in [7, 11) is 0. The van der Waals surface area contributed by atoms with Crippen LogP contribution in [0.5, 0.6) is 0 Å². The molecule has 0 aromatic heterocycles. The van der Waals surface area contributed by atoms with Crippen molar-refractivity contribution in [2.45, 2.75) is 11.8 Å². The molecule has 7 heteroatoms. The monoisotopic (exact) mass is 440 g/mol. The molecular weight excluding hydrogens is 426 g/mol. The summed E-state index contributed by atoms with van der Waals surface area (Å²) in [6, 6.07) is 17.9. The van der Waals surface area contributed by atoms with E-state index in [1.807, 2.05) is 31.2 Å². The highest BCUT2D eigenvalue weighted by Gasteiger charge is 2.33. The van der Waals surface area contributed by atoms with Crippen LogP contribution in [0, 0.1) is 18.6 Å². The van der Waals surface area contributed by atoms with E-state index in [9.17, 15) is 13.6 Å². The zero-order valence-electron chi connectivity index (χ0n) is 15.8. The first-order valence-electron chi connectivity index (χ1n) is 9.01. The van der Waals surface area contributed by atoms with Gasteiger partial charge in [-0.25, -0.2) is 13.8 Å². The molecule has 0 atom stereocenters. The van der Waals surface area contributed by atoms with Gasteiger partial charge in [-0.15, -0.1) is 0 Å². The third kappa shape index (κ3) is 4.15. The Morgan fingerprint density at radius 1 is 1.00 bits per heavy atom. The number of nitrogens with zero attached hydrogens (tertiary/aromatic N) is 2. The molecule has 3 nitrogen and oxygen atoms in total. The number of amidine groups is 1. The highest BCUT2D eigenvalue weighted by atomic mass is 35.5. The van der Waals surface area contributed by atoms with Crippen molar-refractivity contribution in [2.24, 2.45) is 4.99 Å². The van der Waals surface area contributed by atoms with Crippen LogP contribution in [0.1, 0.15) is 11.1 Å². The van der Waals surface area contributed by atoms with Crippen LogP contribution < -0.4 is 4.90 Å². The van der Waals surface area contributed by atoms with Crippen LogP contribution >= 0.6 is 23.4 Å². The Morgan fingerprint density at radius 2 is 1.73 bits per heavy atom. The minimum Gasteiger partial charge on any atom is -0.266 e. The largest absolute Gasteiger partial charge is 0.283 e. The normalized spacial score (nSPS) is 15.1. The number of carbonyl (C=O) groups is 1. The second kappa shape index (κ2) is 8.42. The van der Waals surface area contributed by atoms with Gasteiger partial charge >= 0.3 is 0 Å². The molecule has 1 aliphatic heterocycles. The first-order valence-corrected chi connectivity index (χ1v) is 10.2. The van der Waals surface area contributed by atoms with E-state index >= 15 is 0 Å². The summed E-state index contributed by atoms with van der Waals surface area (Å²) in [6.07, 6.45) is 1.40. The number of halogens is 3. The smallest absolute Gasteiger partial charge is 0.266 e. The van der Waals surface area contributed by atoms with Gasteiger partial charge in [-0.05, 0) is 49.4 Å². The molecule has 30 heavy (non-hydrogen) atoms. The average Bonchev–Trinajstić information content (AvgIpc) is 3.02. The molecular formula is C23H15ClF2N2OS. The second-order valence-electron chi connectivity index (χ2n) is 6.60. The Hall–Kier alpha value is -2.96. The number of amides is 1. The molecule has 0 radical (unpaired) electrons. The van der Waals surface area contributed by atoms with E-state index in [2.05, 4.69) is 4.99 Å². The molecule has 0 aliphatic carbocycles. The molecule has 1 amide bonds. The van der Waals surface area contributed by atoms with E-state index in [1.165, 1.54) is 47.0 Å². The van der Waals surface area contributed by atoms with Crippen LogP contribution in [0.15, 0.2) is 82.3 Å². The average molecular weight is 441 g/mol. The molecule has 0 bridgehead atoms. The van der Waals surface area contributed by atoms with Crippen molar-refractivity contribution in [3.8, 4) is 0 Å². The summed E-state index contributed by atoms with van der Waals surface area (Å²) in [4.78, 5) is 19.8. The fourth-order valence-electron chi connectivity index (χ4n) is 2.87. The minimum atomic E-state index is -0.584. The second-order valence-corrected chi connectivity index (χ2v) is 8.05. The fourth-order valence-corrected chi connectivity index (χ4v) is 3.95. The molecule has 3 aromatic carbocycles. The summed E-state index contributed by atoms with van der Waals surface area (Å²) in [5, 5.41) is 0.264. The maximum absolute atomic E-state index is 14.1. The lowest BCUT2D eigenvalue weighted by atomic mass is 10.1. The van der Waals surface area contributed by atoms with Crippen molar-refractivity contribution in [2.75, 3.05) is 4.90 Å². The van der Waals surface area contributed by atoms with E-state index in [0.29, 0.717) is 10.9 Å². The summed E-state index contributed by atoms with van der Waals surface area (Å²) >= 11 is 7.21. The highest BCUT2D eigenvalue weighted by Crippen LogP contribution is 2.34. The third-order valence-electron chi connectivity index (χ3n) is 4.42. The maximum atomic E-state index is 14.1. The van der Waals surface area contributed by atoms with Crippen molar-refractivity contribution in [3.05, 3.63) is 100 Å². The molecule has 0 N–H and O–H groups in total.